The van der Waals surface area contributed by atoms with Gasteiger partial charge in [0, 0.05) is 12.1 Å². The van der Waals surface area contributed by atoms with Crippen molar-refractivity contribution in [2.45, 2.75) is 46.5 Å². The van der Waals surface area contributed by atoms with Crippen LogP contribution in [0.15, 0.2) is 30.3 Å². The highest BCUT2D eigenvalue weighted by atomic mass is 35.5. The van der Waals surface area contributed by atoms with E-state index >= 15 is 0 Å². The Morgan fingerprint density at radius 2 is 1.93 bits per heavy atom. The first-order valence-corrected chi connectivity index (χ1v) is 11.4. The van der Waals surface area contributed by atoms with Crippen molar-refractivity contribution < 1.29 is 4.39 Å². The molecular weight excluding hydrogens is 399 g/mol. The van der Waals surface area contributed by atoms with Crippen LogP contribution in [0, 0.1) is 22.6 Å². The standard InChI is InChI=1S/C24H32ClFN4/c1-23(2,3)9-12-30-13-10-24(11-14-30)15-17(24)16-27-21-8-7-20(28-29-21)18-5-4-6-19(26)22(18)25/h4-8,17H,9-16H2,1-3H3,(H,27,29). The quantitative estimate of drug-likeness (QED) is 0.620. The Kier molecular flexibility index (Phi) is 6.04. The first kappa shape index (κ1) is 21.5. The molecule has 2 fully saturated rings. The maximum Gasteiger partial charge on any atom is 0.148 e. The van der Waals surface area contributed by atoms with Crippen LogP contribution in [0.1, 0.15) is 46.5 Å². The lowest BCUT2D eigenvalue weighted by Crippen LogP contribution is -2.37. The van der Waals surface area contributed by atoms with Crippen LogP contribution in [0.4, 0.5) is 10.2 Å². The second kappa shape index (κ2) is 8.43. The Morgan fingerprint density at radius 1 is 1.17 bits per heavy atom. The average Bonchev–Trinajstić information content (AvgIpc) is 3.40. The molecule has 2 aliphatic rings. The van der Waals surface area contributed by atoms with Crippen molar-refractivity contribution in [2.75, 3.05) is 31.5 Å². The van der Waals surface area contributed by atoms with E-state index in [0.29, 0.717) is 22.1 Å². The number of anilines is 1. The minimum absolute atomic E-state index is 0.0845. The molecule has 30 heavy (non-hydrogen) atoms. The summed E-state index contributed by atoms with van der Waals surface area (Å²) in [6.07, 6.45) is 5.20. The van der Waals surface area contributed by atoms with Gasteiger partial charge < -0.3 is 10.2 Å². The van der Waals surface area contributed by atoms with Crippen molar-refractivity contribution in [2.24, 2.45) is 16.7 Å². The molecule has 1 N–H and O–H groups in total. The van der Waals surface area contributed by atoms with Gasteiger partial charge in [-0.3, -0.25) is 0 Å². The molecule has 1 atom stereocenters. The van der Waals surface area contributed by atoms with Crippen LogP contribution in [0.2, 0.25) is 5.02 Å². The molecule has 0 amide bonds. The topological polar surface area (TPSA) is 41.0 Å². The van der Waals surface area contributed by atoms with Gasteiger partial charge in [0.1, 0.15) is 11.6 Å². The van der Waals surface area contributed by atoms with E-state index in [9.17, 15) is 4.39 Å². The summed E-state index contributed by atoms with van der Waals surface area (Å²) in [6.45, 7) is 11.6. The first-order valence-electron chi connectivity index (χ1n) is 11.0. The second-order valence-corrected chi connectivity index (χ2v) is 10.6. The first-order chi connectivity index (χ1) is 14.3. The smallest absolute Gasteiger partial charge is 0.148 e. The van der Waals surface area contributed by atoms with Gasteiger partial charge in [-0.2, -0.15) is 0 Å². The van der Waals surface area contributed by atoms with E-state index in [1.165, 1.54) is 51.4 Å². The number of nitrogens with zero attached hydrogens (tertiary/aromatic N) is 3. The lowest BCUT2D eigenvalue weighted by molar-refractivity contribution is 0.147. The minimum atomic E-state index is -0.443. The number of hydrogen-bond donors (Lipinski definition) is 1. The number of benzene rings is 1. The zero-order chi connectivity index (χ0) is 21.4. The van der Waals surface area contributed by atoms with Gasteiger partial charge in [-0.05, 0) is 80.3 Å². The molecule has 4 nitrogen and oxygen atoms in total. The number of piperidine rings is 1. The molecular formula is C24H32ClFN4. The molecule has 2 aromatic rings. The molecule has 1 spiro atoms. The fourth-order valence-corrected chi connectivity index (χ4v) is 4.77. The van der Waals surface area contributed by atoms with Crippen molar-refractivity contribution in [1.82, 2.24) is 15.1 Å². The summed E-state index contributed by atoms with van der Waals surface area (Å²) in [5, 5.41) is 12.0. The summed E-state index contributed by atoms with van der Waals surface area (Å²) in [4.78, 5) is 2.64. The van der Waals surface area contributed by atoms with E-state index in [2.05, 4.69) is 41.2 Å². The van der Waals surface area contributed by atoms with Crippen LogP contribution in [0.25, 0.3) is 11.3 Å². The SMILES string of the molecule is CC(C)(C)CCN1CCC2(CC1)CC2CNc1ccc(-c2cccc(F)c2Cl)nn1. The normalized spacial score (nSPS) is 21.0. The summed E-state index contributed by atoms with van der Waals surface area (Å²) in [5.41, 5.74) is 2.09. The zero-order valence-electron chi connectivity index (χ0n) is 18.2. The fourth-order valence-electron chi connectivity index (χ4n) is 4.55. The Hall–Kier alpha value is -1.72. The van der Waals surface area contributed by atoms with Crippen LogP contribution in [0.3, 0.4) is 0 Å². The number of halogens is 2. The Balaban J connectivity index is 1.25. The highest BCUT2D eigenvalue weighted by Crippen LogP contribution is 2.59. The third kappa shape index (κ3) is 4.94. The molecule has 2 heterocycles. The van der Waals surface area contributed by atoms with E-state index < -0.39 is 5.82 Å². The largest absolute Gasteiger partial charge is 0.368 e. The third-order valence-corrected chi connectivity index (χ3v) is 7.19. The van der Waals surface area contributed by atoms with Gasteiger partial charge in [-0.1, -0.05) is 44.5 Å². The van der Waals surface area contributed by atoms with Crippen molar-refractivity contribution in [1.29, 1.82) is 0 Å². The molecule has 4 rings (SSSR count). The average molecular weight is 431 g/mol. The lowest BCUT2D eigenvalue weighted by atomic mass is 9.88. The molecule has 1 aliphatic heterocycles. The summed E-state index contributed by atoms with van der Waals surface area (Å²) in [7, 11) is 0. The molecule has 0 radical (unpaired) electrons. The molecule has 162 valence electrons. The maximum absolute atomic E-state index is 13.7. The molecule has 1 unspecified atom stereocenters. The number of rotatable bonds is 6. The van der Waals surface area contributed by atoms with Gasteiger partial charge in [0.25, 0.3) is 0 Å². The van der Waals surface area contributed by atoms with Gasteiger partial charge >= 0.3 is 0 Å². The van der Waals surface area contributed by atoms with Crippen LogP contribution in [0.5, 0.6) is 0 Å². The van der Waals surface area contributed by atoms with Gasteiger partial charge in [0.15, 0.2) is 0 Å². The number of hydrogen-bond acceptors (Lipinski definition) is 4. The number of likely N-dealkylation sites (tertiary alicyclic amines) is 1. The van der Waals surface area contributed by atoms with Gasteiger partial charge in [0.05, 0.1) is 10.7 Å². The number of nitrogens with one attached hydrogen (secondary N) is 1. The van der Waals surface area contributed by atoms with Crippen molar-refractivity contribution in [3.63, 3.8) is 0 Å². The van der Waals surface area contributed by atoms with Crippen molar-refractivity contribution in [3.8, 4) is 11.3 Å². The van der Waals surface area contributed by atoms with Gasteiger partial charge in [-0.15, -0.1) is 10.2 Å². The minimum Gasteiger partial charge on any atom is -0.368 e. The summed E-state index contributed by atoms with van der Waals surface area (Å²) >= 11 is 6.05. The summed E-state index contributed by atoms with van der Waals surface area (Å²) < 4.78 is 13.7. The Bertz CT molecular complexity index is 870. The number of aromatic nitrogens is 2. The monoisotopic (exact) mass is 430 g/mol. The summed E-state index contributed by atoms with van der Waals surface area (Å²) in [5.74, 6) is 1.04. The van der Waals surface area contributed by atoms with Crippen LogP contribution < -0.4 is 5.32 Å². The van der Waals surface area contributed by atoms with E-state index in [4.69, 9.17) is 11.6 Å². The second-order valence-electron chi connectivity index (χ2n) is 10.2. The molecule has 1 aromatic carbocycles. The molecule has 1 saturated carbocycles. The lowest BCUT2D eigenvalue weighted by Gasteiger charge is -2.34. The maximum atomic E-state index is 13.7. The van der Waals surface area contributed by atoms with Crippen LogP contribution >= 0.6 is 11.6 Å². The Labute approximate surface area is 184 Å². The van der Waals surface area contributed by atoms with Gasteiger partial charge in [-0.25, -0.2) is 4.39 Å². The predicted molar refractivity (Wildman–Crippen MR) is 121 cm³/mol. The van der Waals surface area contributed by atoms with Gasteiger partial charge in [0.2, 0.25) is 0 Å². The van der Waals surface area contributed by atoms with Crippen LogP contribution in [-0.2, 0) is 0 Å². The summed E-state index contributed by atoms with van der Waals surface area (Å²) in [6, 6.07) is 8.46. The highest BCUT2D eigenvalue weighted by molar-refractivity contribution is 6.33. The van der Waals surface area contributed by atoms with Crippen LogP contribution in [-0.4, -0.2) is 41.3 Å². The molecule has 1 aromatic heterocycles. The van der Waals surface area contributed by atoms with Crippen molar-refractivity contribution >= 4 is 17.4 Å². The Morgan fingerprint density at radius 3 is 2.60 bits per heavy atom. The van der Waals surface area contributed by atoms with E-state index in [1.807, 2.05) is 12.1 Å². The molecule has 1 aliphatic carbocycles. The highest BCUT2D eigenvalue weighted by Gasteiger charge is 2.54. The van der Waals surface area contributed by atoms with E-state index in [1.54, 1.807) is 12.1 Å². The van der Waals surface area contributed by atoms with E-state index in [0.717, 1.165) is 18.3 Å². The fraction of sp³-hybridized carbons (Fsp3) is 0.583. The van der Waals surface area contributed by atoms with Crippen molar-refractivity contribution in [3.05, 3.63) is 41.2 Å². The third-order valence-electron chi connectivity index (χ3n) is 6.81. The molecule has 6 heteroatoms. The molecule has 0 bridgehead atoms. The molecule has 1 saturated heterocycles. The predicted octanol–water partition coefficient (Wildman–Crippen LogP) is 5.89. The zero-order valence-corrected chi connectivity index (χ0v) is 19.0. The van der Waals surface area contributed by atoms with E-state index in [-0.39, 0.29) is 5.02 Å².